The first-order valence-electron chi connectivity index (χ1n) is 7.43. The van der Waals surface area contributed by atoms with Gasteiger partial charge in [-0.2, -0.15) is 11.8 Å². The van der Waals surface area contributed by atoms with Gasteiger partial charge in [-0.05, 0) is 36.5 Å². The van der Waals surface area contributed by atoms with Crippen LogP contribution in [0.4, 0.5) is 0 Å². The van der Waals surface area contributed by atoms with E-state index >= 15 is 0 Å². The highest BCUT2D eigenvalue weighted by Gasteiger charge is 2.26. The standard InChI is InChI=1S/C16H22N2OS/c1-11-3-2-4-14-13(11)5-6-15(14)18-16(19)9-12-10-20-8-7-17-12/h2-4,12,15,17H,5-10H2,1H3,(H,18,19)/t12-,15-/m0/s1. The average Bonchev–Trinajstić information content (AvgIpc) is 2.84. The smallest absolute Gasteiger partial charge is 0.222 e. The first kappa shape index (κ1) is 14.0. The van der Waals surface area contributed by atoms with Gasteiger partial charge < -0.3 is 10.6 Å². The van der Waals surface area contributed by atoms with Gasteiger partial charge in [0.05, 0.1) is 6.04 Å². The maximum absolute atomic E-state index is 12.2. The Morgan fingerprint density at radius 3 is 3.20 bits per heavy atom. The minimum atomic E-state index is 0.185. The summed E-state index contributed by atoms with van der Waals surface area (Å²) in [5.41, 5.74) is 4.11. The number of hydrogen-bond acceptors (Lipinski definition) is 3. The van der Waals surface area contributed by atoms with Gasteiger partial charge in [0.2, 0.25) is 5.91 Å². The van der Waals surface area contributed by atoms with Crippen LogP contribution < -0.4 is 10.6 Å². The molecule has 4 heteroatoms. The second-order valence-corrected chi connectivity index (χ2v) is 6.88. The molecule has 1 amide bonds. The van der Waals surface area contributed by atoms with Gasteiger partial charge in [-0.15, -0.1) is 0 Å². The molecule has 2 atom stereocenters. The lowest BCUT2D eigenvalue weighted by molar-refractivity contribution is -0.122. The molecular weight excluding hydrogens is 268 g/mol. The number of amides is 1. The predicted octanol–water partition coefficient (Wildman–Crippen LogP) is 2.19. The highest BCUT2D eigenvalue weighted by molar-refractivity contribution is 7.99. The molecular formula is C16H22N2OS. The van der Waals surface area contributed by atoms with Crippen LogP contribution in [0.25, 0.3) is 0 Å². The van der Waals surface area contributed by atoms with Gasteiger partial charge in [0, 0.05) is 30.5 Å². The lowest BCUT2D eigenvalue weighted by atomic mass is 10.0. The molecule has 1 aliphatic heterocycles. The molecule has 108 valence electrons. The summed E-state index contributed by atoms with van der Waals surface area (Å²) >= 11 is 1.94. The third-order valence-electron chi connectivity index (χ3n) is 4.27. The first-order valence-corrected chi connectivity index (χ1v) is 8.58. The van der Waals surface area contributed by atoms with Crippen molar-refractivity contribution in [2.45, 2.75) is 38.3 Å². The van der Waals surface area contributed by atoms with Gasteiger partial charge in [0.1, 0.15) is 0 Å². The fraction of sp³-hybridized carbons (Fsp3) is 0.562. The molecule has 1 aromatic carbocycles. The largest absolute Gasteiger partial charge is 0.349 e. The normalized spacial score (nSPS) is 25.2. The lowest BCUT2D eigenvalue weighted by Gasteiger charge is -2.23. The Hall–Kier alpha value is -1.000. The van der Waals surface area contributed by atoms with E-state index in [1.165, 1.54) is 16.7 Å². The summed E-state index contributed by atoms with van der Waals surface area (Å²) in [5, 5.41) is 6.64. The van der Waals surface area contributed by atoms with E-state index in [1.807, 2.05) is 11.8 Å². The summed E-state index contributed by atoms with van der Waals surface area (Å²) in [6.45, 7) is 3.18. The third-order valence-corrected chi connectivity index (χ3v) is 5.40. The number of thioether (sulfide) groups is 1. The van der Waals surface area contributed by atoms with Crippen molar-refractivity contribution in [3.63, 3.8) is 0 Å². The summed E-state index contributed by atoms with van der Waals surface area (Å²) in [4.78, 5) is 12.2. The fourth-order valence-electron chi connectivity index (χ4n) is 3.21. The predicted molar refractivity (Wildman–Crippen MR) is 84.1 cm³/mol. The van der Waals surface area contributed by atoms with Crippen LogP contribution in [0.1, 0.15) is 35.6 Å². The number of carbonyl (C=O) groups is 1. The topological polar surface area (TPSA) is 41.1 Å². The van der Waals surface area contributed by atoms with E-state index in [0.29, 0.717) is 12.5 Å². The van der Waals surface area contributed by atoms with E-state index in [2.05, 4.69) is 35.8 Å². The molecule has 0 unspecified atom stereocenters. The van der Waals surface area contributed by atoms with Crippen LogP contribution in [-0.4, -0.2) is 30.0 Å². The number of carbonyl (C=O) groups excluding carboxylic acids is 1. The zero-order chi connectivity index (χ0) is 13.9. The molecule has 0 saturated carbocycles. The molecule has 2 N–H and O–H groups in total. The fourth-order valence-corrected chi connectivity index (χ4v) is 4.16. The molecule has 20 heavy (non-hydrogen) atoms. The quantitative estimate of drug-likeness (QED) is 0.896. The van der Waals surface area contributed by atoms with Crippen LogP contribution in [0.2, 0.25) is 0 Å². The Morgan fingerprint density at radius 1 is 1.50 bits per heavy atom. The van der Waals surface area contributed by atoms with Crippen molar-refractivity contribution < 1.29 is 4.79 Å². The van der Waals surface area contributed by atoms with Crippen LogP contribution in [0.15, 0.2) is 18.2 Å². The highest BCUT2D eigenvalue weighted by atomic mass is 32.2. The summed E-state index contributed by atoms with van der Waals surface area (Å²) in [6.07, 6.45) is 2.73. The Labute approximate surface area is 124 Å². The number of fused-ring (bicyclic) bond motifs is 1. The first-order chi connectivity index (χ1) is 9.74. The highest BCUT2D eigenvalue weighted by Crippen LogP contribution is 2.33. The zero-order valence-electron chi connectivity index (χ0n) is 11.9. The van der Waals surface area contributed by atoms with Crippen molar-refractivity contribution in [1.29, 1.82) is 0 Å². The van der Waals surface area contributed by atoms with Gasteiger partial charge in [-0.3, -0.25) is 4.79 Å². The van der Waals surface area contributed by atoms with Crippen molar-refractivity contribution >= 4 is 17.7 Å². The van der Waals surface area contributed by atoms with E-state index in [4.69, 9.17) is 0 Å². The Bertz CT molecular complexity index is 497. The minimum Gasteiger partial charge on any atom is -0.349 e. The van der Waals surface area contributed by atoms with E-state index in [9.17, 15) is 4.79 Å². The molecule has 1 saturated heterocycles. The molecule has 0 bridgehead atoms. The van der Waals surface area contributed by atoms with Crippen molar-refractivity contribution in [1.82, 2.24) is 10.6 Å². The Balaban J connectivity index is 1.59. The van der Waals surface area contributed by atoms with Crippen LogP contribution in [0.5, 0.6) is 0 Å². The van der Waals surface area contributed by atoms with Gasteiger partial charge in [0.25, 0.3) is 0 Å². The van der Waals surface area contributed by atoms with Crippen molar-refractivity contribution in [2.75, 3.05) is 18.1 Å². The molecule has 3 nitrogen and oxygen atoms in total. The average molecular weight is 290 g/mol. The molecule has 0 radical (unpaired) electrons. The van der Waals surface area contributed by atoms with Crippen LogP contribution in [0, 0.1) is 6.92 Å². The molecule has 3 rings (SSSR count). The zero-order valence-corrected chi connectivity index (χ0v) is 12.8. The maximum Gasteiger partial charge on any atom is 0.222 e. The monoisotopic (exact) mass is 290 g/mol. The summed E-state index contributed by atoms with van der Waals surface area (Å²) in [6, 6.07) is 6.97. The molecule has 1 fully saturated rings. The van der Waals surface area contributed by atoms with Crippen LogP contribution in [0.3, 0.4) is 0 Å². The van der Waals surface area contributed by atoms with E-state index < -0.39 is 0 Å². The lowest BCUT2D eigenvalue weighted by Crippen LogP contribution is -2.41. The summed E-state index contributed by atoms with van der Waals surface area (Å²) in [7, 11) is 0. The van der Waals surface area contributed by atoms with E-state index in [0.717, 1.165) is 30.9 Å². The number of rotatable bonds is 3. The second kappa shape index (κ2) is 6.19. The van der Waals surface area contributed by atoms with Gasteiger partial charge in [-0.1, -0.05) is 18.2 Å². The number of aryl methyl sites for hydroxylation is 1. The minimum absolute atomic E-state index is 0.185. The third kappa shape index (κ3) is 3.01. The molecule has 1 aliphatic carbocycles. The van der Waals surface area contributed by atoms with E-state index in [-0.39, 0.29) is 11.9 Å². The van der Waals surface area contributed by atoms with Crippen LogP contribution >= 0.6 is 11.8 Å². The van der Waals surface area contributed by atoms with Gasteiger partial charge in [-0.25, -0.2) is 0 Å². The molecule has 1 aromatic rings. The molecule has 1 heterocycles. The van der Waals surface area contributed by atoms with Crippen molar-refractivity contribution in [2.24, 2.45) is 0 Å². The Morgan fingerprint density at radius 2 is 2.40 bits per heavy atom. The number of nitrogens with one attached hydrogen (secondary N) is 2. The summed E-state index contributed by atoms with van der Waals surface area (Å²) in [5.74, 6) is 2.39. The Kier molecular flexibility index (Phi) is 4.32. The summed E-state index contributed by atoms with van der Waals surface area (Å²) < 4.78 is 0. The molecule has 0 aromatic heterocycles. The molecule has 0 spiro atoms. The SMILES string of the molecule is Cc1cccc2c1CC[C@@H]2NC(=O)C[C@H]1CSCCN1. The van der Waals surface area contributed by atoms with Crippen molar-refractivity contribution in [3.8, 4) is 0 Å². The second-order valence-electron chi connectivity index (χ2n) is 5.73. The maximum atomic E-state index is 12.2. The van der Waals surface area contributed by atoms with Gasteiger partial charge >= 0.3 is 0 Å². The van der Waals surface area contributed by atoms with E-state index in [1.54, 1.807) is 0 Å². The number of hydrogen-bond donors (Lipinski definition) is 2. The van der Waals surface area contributed by atoms with Gasteiger partial charge in [0.15, 0.2) is 0 Å². The van der Waals surface area contributed by atoms with Crippen LogP contribution in [-0.2, 0) is 11.2 Å². The van der Waals surface area contributed by atoms with Crippen molar-refractivity contribution in [3.05, 3.63) is 34.9 Å². The molecule has 2 aliphatic rings. The number of benzene rings is 1.